The molecule has 0 unspecified atom stereocenters. The molecular weight excluding hydrogens is 420 g/mol. The number of aromatic nitrogens is 1. The van der Waals surface area contributed by atoms with Crippen LogP contribution >= 0.6 is 23.1 Å². The van der Waals surface area contributed by atoms with Crippen LogP contribution in [-0.2, 0) is 11.3 Å². The van der Waals surface area contributed by atoms with Crippen LogP contribution in [0.5, 0.6) is 0 Å². The van der Waals surface area contributed by atoms with Crippen LogP contribution in [0, 0.1) is 5.21 Å². The van der Waals surface area contributed by atoms with Crippen molar-refractivity contribution in [3.63, 3.8) is 0 Å². The van der Waals surface area contributed by atoms with Gasteiger partial charge >= 0.3 is 5.91 Å². The molecule has 0 saturated carbocycles. The third-order valence-corrected chi connectivity index (χ3v) is 7.67. The van der Waals surface area contributed by atoms with Crippen LogP contribution in [0.15, 0.2) is 57.5 Å². The third-order valence-electron chi connectivity index (χ3n) is 5.58. The van der Waals surface area contributed by atoms with Crippen LogP contribution < -0.4 is 5.56 Å². The fourth-order valence-electron chi connectivity index (χ4n) is 4.00. The van der Waals surface area contributed by atoms with E-state index in [0.29, 0.717) is 23.4 Å². The Kier molecular flexibility index (Phi) is 5.12. The quantitative estimate of drug-likeness (QED) is 0.447. The Morgan fingerprint density at radius 2 is 1.90 bits per heavy atom. The van der Waals surface area contributed by atoms with Gasteiger partial charge in [0.05, 0.1) is 23.8 Å². The number of rotatable bonds is 2. The molecule has 0 atom stereocenters. The highest BCUT2D eigenvalue weighted by atomic mass is 32.2. The van der Waals surface area contributed by atoms with Crippen molar-refractivity contribution in [1.82, 2.24) is 4.57 Å². The molecule has 0 radical (unpaired) electrons. The predicted molar refractivity (Wildman–Crippen MR) is 119 cm³/mol. The number of nitrogens with zero attached hydrogens (tertiary/aromatic N) is 2. The Labute approximate surface area is 181 Å². The second-order valence-corrected chi connectivity index (χ2v) is 9.41. The number of pyridine rings is 1. The molecule has 2 aliphatic heterocycles. The zero-order chi connectivity index (χ0) is 20.7. The van der Waals surface area contributed by atoms with Crippen LogP contribution in [0.2, 0.25) is 0 Å². The van der Waals surface area contributed by atoms with Gasteiger partial charge in [0.25, 0.3) is 5.56 Å². The zero-order valence-corrected chi connectivity index (χ0v) is 17.8. The van der Waals surface area contributed by atoms with Crippen LogP contribution in [0.3, 0.4) is 0 Å². The molecule has 2 aliphatic rings. The lowest BCUT2D eigenvalue weighted by atomic mass is 10.0. The Bertz CT molecular complexity index is 1160. The minimum atomic E-state index is -0.951. The first-order valence-corrected chi connectivity index (χ1v) is 11.7. The van der Waals surface area contributed by atoms with E-state index in [9.17, 15) is 14.8 Å². The van der Waals surface area contributed by atoms with Crippen LogP contribution in [0.4, 0.5) is 0 Å². The summed E-state index contributed by atoms with van der Waals surface area (Å²) in [5, 5.41) is 15.4. The average Bonchev–Trinajstić information content (AvgIpc) is 3.15. The summed E-state index contributed by atoms with van der Waals surface area (Å²) in [6, 6.07) is 13.0. The molecule has 5 rings (SSSR count). The number of fused-ring (bicyclic) bond motifs is 3. The minimum absolute atomic E-state index is 0.0874. The molecule has 2 aromatic heterocycles. The Hall–Kier alpha value is -2.23. The molecule has 0 N–H and O–H groups in total. The summed E-state index contributed by atoms with van der Waals surface area (Å²) in [4.78, 5) is 29.0. The summed E-state index contributed by atoms with van der Waals surface area (Å²) >= 11 is 3.18. The van der Waals surface area contributed by atoms with E-state index in [1.165, 1.54) is 11.3 Å². The number of carbonyl (C=O) groups excluding carboxylic acids is 1. The summed E-state index contributed by atoms with van der Waals surface area (Å²) in [5.41, 5.74) is 1.98. The molecule has 1 amide bonds. The van der Waals surface area contributed by atoms with Gasteiger partial charge in [0.15, 0.2) is 0 Å². The highest BCUT2D eigenvalue weighted by molar-refractivity contribution is 7.99. The van der Waals surface area contributed by atoms with E-state index >= 15 is 0 Å². The van der Waals surface area contributed by atoms with Crippen molar-refractivity contribution in [2.45, 2.75) is 11.4 Å². The number of ether oxygens (including phenoxy) is 1. The van der Waals surface area contributed by atoms with Gasteiger partial charge < -0.3 is 14.5 Å². The van der Waals surface area contributed by atoms with Gasteiger partial charge in [0, 0.05) is 22.8 Å². The lowest BCUT2D eigenvalue weighted by Gasteiger charge is -2.42. The van der Waals surface area contributed by atoms with E-state index in [-0.39, 0.29) is 31.9 Å². The second kappa shape index (κ2) is 7.79. The van der Waals surface area contributed by atoms with E-state index in [4.69, 9.17) is 4.74 Å². The zero-order valence-electron chi connectivity index (χ0n) is 16.2. The first-order valence-electron chi connectivity index (χ1n) is 9.83. The number of thiophene rings is 1. The molecule has 0 spiro atoms. The fraction of sp³-hybridized carbons (Fsp3) is 0.273. The number of morpholine rings is 1. The molecule has 0 aliphatic carbocycles. The van der Waals surface area contributed by atoms with Gasteiger partial charge in [-0.3, -0.25) is 9.44 Å². The third kappa shape index (κ3) is 3.25. The maximum atomic E-state index is 13.6. The molecule has 3 aromatic rings. The first kappa shape index (κ1) is 19.7. The van der Waals surface area contributed by atoms with E-state index in [0.717, 1.165) is 21.1 Å². The molecule has 154 valence electrons. The highest BCUT2D eigenvalue weighted by Crippen LogP contribution is 2.41. The van der Waals surface area contributed by atoms with Crippen molar-refractivity contribution in [2.75, 3.05) is 32.1 Å². The van der Waals surface area contributed by atoms with E-state index < -0.39 is 10.6 Å². The summed E-state index contributed by atoms with van der Waals surface area (Å²) < 4.78 is 6.06. The molecule has 8 heteroatoms. The van der Waals surface area contributed by atoms with Crippen molar-refractivity contribution in [1.29, 1.82) is 0 Å². The average molecular weight is 441 g/mol. The second-order valence-electron chi connectivity index (χ2n) is 7.36. The van der Waals surface area contributed by atoms with Gasteiger partial charge in [-0.15, -0.1) is 23.1 Å². The lowest BCUT2D eigenvalue weighted by Crippen LogP contribution is -2.54. The SMILES string of the molecule is O=C(c1cc(-c2ccccc2)c(=O)n2c1-c1sccc1SCC2)[N+]1([O-])CCOCC1. The molecule has 1 aromatic carbocycles. The van der Waals surface area contributed by atoms with Gasteiger partial charge in [-0.25, -0.2) is 4.79 Å². The number of hydroxylamine groups is 3. The molecule has 30 heavy (non-hydrogen) atoms. The molecule has 1 saturated heterocycles. The fourth-order valence-corrected chi connectivity index (χ4v) is 6.15. The maximum Gasteiger partial charge on any atom is 0.348 e. The molecule has 6 nitrogen and oxygen atoms in total. The topological polar surface area (TPSA) is 71.4 Å². The van der Waals surface area contributed by atoms with Gasteiger partial charge in [-0.1, -0.05) is 30.3 Å². The number of benzene rings is 1. The van der Waals surface area contributed by atoms with Gasteiger partial charge in [-0.2, -0.15) is 0 Å². The maximum absolute atomic E-state index is 13.6. The number of hydrogen-bond acceptors (Lipinski definition) is 6. The minimum Gasteiger partial charge on any atom is -0.625 e. The van der Waals surface area contributed by atoms with Gasteiger partial charge in [-0.05, 0) is 23.1 Å². The summed E-state index contributed by atoms with van der Waals surface area (Å²) in [6.45, 7) is 1.18. The van der Waals surface area contributed by atoms with Crippen molar-refractivity contribution < 1.29 is 14.2 Å². The number of amides is 1. The summed E-state index contributed by atoms with van der Waals surface area (Å²) in [5.74, 6) is 0.235. The van der Waals surface area contributed by atoms with E-state index in [2.05, 4.69) is 0 Å². The predicted octanol–water partition coefficient (Wildman–Crippen LogP) is 3.83. The standard InChI is InChI=1S/C22H20N2O4S2/c25-21-16(15-4-2-1-3-5-15)14-17(22(26)24(27)8-10-28-11-9-24)19-20-18(6-12-30-20)29-13-7-23(19)21/h1-6,12,14H,7-11,13H2. The molecular formula is C22H20N2O4S2. The molecule has 4 heterocycles. The van der Waals surface area contributed by atoms with Crippen molar-refractivity contribution >= 4 is 29.0 Å². The monoisotopic (exact) mass is 440 g/mol. The summed E-state index contributed by atoms with van der Waals surface area (Å²) in [7, 11) is 0. The van der Waals surface area contributed by atoms with Gasteiger partial charge in [0.1, 0.15) is 18.7 Å². The lowest BCUT2D eigenvalue weighted by molar-refractivity contribution is -0.808. The van der Waals surface area contributed by atoms with Crippen LogP contribution in [-0.4, -0.2) is 47.2 Å². The Morgan fingerprint density at radius 3 is 2.67 bits per heavy atom. The Morgan fingerprint density at radius 1 is 1.13 bits per heavy atom. The number of hydrogen-bond donors (Lipinski definition) is 0. The summed E-state index contributed by atoms with van der Waals surface area (Å²) in [6.07, 6.45) is 0. The van der Waals surface area contributed by atoms with E-state index in [1.807, 2.05) is 41.8 Å². The van der Waals surface area contributed by atoms with Crippen LogP contribution in [0.1, 0.15) is 10.4 Å². The van der Waals surface area contributed by atoms with E-state index in [1.54, 1.807) is 22.4 Å². The van der Waals surface area contributed by atoms with Crippen molar-refractivity contribution in [3.05, 3.63) is 69.0 Å². The number of quaternary nitrogens is 1. The van der Waals surface area contributed by atoms with Crippen molar-refractivity contribution in [2.24, 2.45) is 0 Å². The smallest absolute Gasteiger partial charge is 0.348 e. The molecule has 0 bridgehead atoms. The first-order chi connectivity index (χ1) is 14.6. The van der Waals surface area contributed by atoms with Gasteiger partial charge in [0.2, 0.25) is 0 Å². The highest BCUT2D eigenvalue weighted by Gasteiger charge is 2.36. The normalized spacial score (nSPS) is 17.6. The molecule has 1 fully saturated rings. The number of thioether (sulfide) groups is 1. The largest absolute Gasteiger partial charge is 0.625 e. The van der Waals surface area contributed by atoms with Crippen LogP contribution in [0.25, 0.3) is 21.7 Å². The van der Waals surface area contributed by atoms with Crippen molar-refractivity contribution in [3.8, 4) is 21.7 Å². The number of carbonyl (C=O) groups is 1. The Balaban J connectivity index is 1.79.